The van der Waals surface area contributed by atoms with E-state index in [1.165, 1.54) is 11.0 Å². The third-order valence-electron chi connectivity index (χ3n) is 5.37. The Morgan fingerprint density at radius 1 is 1.12 bits per heavy atom. The molecule has 1 amide bonds. The van der Waals surface area contributed by atoms with E-state index < -0.39 is 22.0 Å². The van der Waals surface area contributed by atoms with Crippen molar-refractivity contribution in [3.05, 3.63) is 87.7 Å². The molecule has 34 heavy (non-hydrogen) atoms. The highest BCUT2D eigenvalue weighted by atomic mass is 35.5. The predicted molar refractivity (Wildman–Crippen MR) is 132 cm³/mol. The average molecular weight is 519 g/mol. The highest BCUT2D eigenvalue weighted by Crippen LogP contribution is 2.25. The number of halogens is 2. The summed E-state index contributed by atoms with van der Waals surface area (Å²) in [4.78, 5) is 14.8. The topological polar surface area (TPSA) is 95.2 Å². The number of aromatic nitrogens is 1. The van der Waals surface area contributed by atoms with Gasteiger partial charge in [0.1, 0.15) is 22.7 Å². The van der Waals surface area contributed by atoms with Crippen molar-refractivity contribution in [2.75, 3.05) is 7.05 Å². The van der Waals surface area contributed by atoms with Gasteiger partial charge in [-0.05, 0) is 48.7 Å². The van der Waals surface area contributed by atoms with Crippen LogP contribution in [0.1, 0.15) is 23.2 Å². The van der Waals surface area contributed by atoms with Gasteiger partial charge in [0.25, 0.3) is 0 Å². The van der Waals surface area contributed by atoms with Gasteiger partial charge in [0.15, 0.2) is 0 Å². The number of sulfonamides is 1. The number of hydrogen-bond donors (Lipinski definition) is 1. The van der Waals surface area contributed by atoms with Gasteiger partial charge in [-0.15, -0.1) is 0 Å². The zero-order valence-electron chi connectivity index (χ0n) is 18.7. The number of nitriles is 1. The fourth-order valence-electron chi connectivity index (χ4n) is 3.64. The number of nitrogens with zero attached hydrogens (tertiary/aromatic N) is 3. The van der Waals surface area contributed by atoms with Crippen LogP contribution in [0.3, 0.4) is 0 Å². The molecular formula is C24H24Cl2N4O3S. The fraction of sp³-hybridized carbons (Fsp3) is 0.250. The van der Waals surface area contributed by atoms with Crippen LogP contribution in [-0.4, -0.2) is 36.9 Å². The van der Waals surface area contributed by atoms with Crippen LogP contribution in [0.2, 0.25) is 10.0 Å². The summed E-state index contributed by atoms with van der Waals surface area (Å²) in [7, 11) is -2.53. The molecule has 0 aliphatic rings. The van der Waals surface area contributed by atoms with Crippen LogP contribution in [0, 0.1) is 18.3 Å². The SMILES string of the molecule is Cc1cccc(Cl)c1S(=O)(=O)NC(CCn1cccc1C#N)C(=O)N(C)Cc1ccccc1Cl. The van der Waals surface area contributed by atoms with Crippen molar-refractivity contribution in [3.8, 4) is 6.07 Å². The second-order valence-corrected chi connectivity index (χ2v) is 10.3. The van der Waals surface area contributed by atoms with Gasteiger partial charge in [-0.3, -0.25) is 4.79 Å². The van der Waals surface area contributed by atoms with Crippen LogP contribution in [0.25, 0.3) is 0 Å². The van der Waals surface area contributed by atoms with E-state index in [-0.39, 0.29) is 29.4 Å². The maximum Gasteiger partial charge on any atom is 0.243 e. The van der Waals surface area contributed by atoms with E-state index in [9.17, 15) is 18.5 Å². The van der Waals surface area contributed by atoms with Gasteiger partial charge in [0.05, 0.1) is 5.02 Å². The summed E-state index contributed by atoms with van der Waals surface area (Å²) in [6, 6.07) is 16.3. The summed E-state index contributed by atoms with van der Waals surface area (Å²) in [6.45, 7) is 2.10. The normalized spacial score (nSPS) is 12.2. The minimum atomic E-state index is -4.12. The first-order chi connectivity index (χ1) is 16.1. The highest BCUT2D eigenvalue weighted by molar-refractivity contribution is 7.89. The average Bonchev–Trinajstić information content (AvgIpc) is 3.25. The molecule has 1 atom stereocenters. The molecule has 0 saturated heterocycles. The van der Waals surface area contributed by atoms with E-state index >= 15 is 0 Å². The molecule has 0 fully saturated rings. The molecule has 0 spiro atoms. The number of aryl methyl sites for hydroxylation is 2. The lowest BCUT2D eigenvalue weighted by molar-refractivity contribution is -0.132. The summed E-state index contributed by atoms with van der Waals surface area (Å²) in [5, 5.41) is 9.85. The number of nitrogens with one attached hydrogen (secondary N) is 1. The van der Waals surface area contributed by atoms with E-state index in [1.807, 2.05) is 6.07 Å². The number of amides is 1. The number of carbonyl (C=O) groups excluding carboxylic acids is 1. The maximum atomic E-state index is 13.4. The quantitative estimate of drug-likeness (QED) is 0.454. The van der Waals surface area contributed by atoms with Crippen molar-refractivity contribution >= 4 is 39.1 Å². The number of rotatable bonds is 9. The minimum absolute atomic E-state index is 0.0677. The van der Waals surface area contributed by atoms with Crippen molar-refractivity contribution in [1.82, 2.24) is 14.2 Å². The summed E-state index contributed by atoms with van der Waals surface area (Å²) in [6.07, 6.45) is 1.83. The molecular weight excluding hydrogens is 495 g/mol. The molecule has 1 unspecified atom stereocenters. The van der Waals surface area contributed by atoms with Crippen LogP contribution < -0.4 is 4.72 Å². The van der Waals surface area contributed by atoms with Crippen molar-refractivity contribution in [1.29, 1.82) is 5.26 Å². The van der Waals surface area contributed by atoms with Gasteiger partial charge >= 0.3 is 0 Å². The van der Waals surface area contributed by atoms with Gasteiger partial charge in [0, 0.05) is 31.4 Å². The lowest BCUT2D eigenvalue weighted by Crippen LogP contribution is -2.47. The number of hydrogen-bond acceptors (Lipinski definition) is 4. The van der Waals surface area contributed by atoms with Crippen molar-refractivity contribution < 1.29 is 13.2 Å². The second-order valence-electron chi connectivity index (χ2n) is 7.83. The first kappa shape index (κ1) is 25.8. The highest BCUT2D eigenvalue weighted by Gasteiger charge is 2.30. The van der Waals surface area contributed by atoms with Crippen molar-refractivity contribution in [2.45, 2.75) is 37.4 Å². The molecule has 3 rings (SSSR count). The molecule has 0 aliphatic heterocycles. The third-order valence-corrected chi connectivity index (χ3v) is 7.84. The molecule has 0 radical (unpaired) electrons. The molecule has 2 aromatic carbocycles. The molecule has 0 saturated carbocycles. The Bertz CT molecular complexity index is 1310. The molecule has 0 bridgehead atoms. The summed E-state index contributed by atoms with van der Waals surface area (Å²) < 4.78 is 30.7. The minimum Gasteiger partial charge on any atom is -0.340 e. The van der Waals surface area contributed by atoms with Crippen LogP contribution in [0.15, 0.2) is 65.7 Å². The first-order valence-corrected chi connectivity index (χ1v) is 12.7. The lowest BCUT2D eigenvalue weighted by atomic mass is 10.1. The summed E-state index contributed by atoms with van der Waals surface area (Å²) in [5.41, 5.74) is 1.62. The number of carbonyl (C=O) groups is 1. The van der Waals surface area contributed by atoms with E-state index in [1.54, 1.807) is 67.2 Å². The lowest BCUT2D eigenvalue weighted by Gasteiger charge is -2.25. The third kappa shape index (κ3) is 5.99. The Morgan fingerprint density at radius 2 is 1.82 bits per heavy atom. The molecule has 10 heteroatoms. The molecule has 178 valence electrons. The fourth-order valence-corrected chi connectivity index (χ4v) is 5.89. The Morgan fingerprint density at radius 3 is 2.50 bits per heavy atom. The Hall–Kier alpha value is -2.83. The van der Waals surface area contributed by atoms with Gasteiger partial charge in [0.2, 0.25) is 15.9 Å². The van der Waals surface area contributed by atoms with Crippen LogP contribution in [0.4, 0.5) is 0 Å². The number of benzene rings is 2. The molecule has 1 N–H and O–H groups in total. The summed E-state index contributed by atoms with van der Waals surface area (Å²) in [5.74, 6) is -0.432. The van der Waals surface area contributed by atoms with E-state index in [0.29, 0.717) is 16.3 Å². The van der Waals surface area contributed by atoms with Crippen LogP contribution >= 0.6 is 23.2 Å². The van der Waals surface area contributed by atoms with E-state index in [4.69, 9.17) is 23.2 Å². The van der Waals surface area contributed by atoms with E-state index in [0.717, 1.165) is 5.56 Å². The molecule has 1 aromatic heterocycles. The Labute approximate surface area is 209 Å². The zero-order chi connectivity index (χ0) is 24.9. The Balaban J connectivity index is 1.89. The molecule has 1 heterocycles. The molecule has 3 aromatic rings. The van der Waals surface area contributed by atoms with E-state index in [2.05, 4.69) is 10.8 Å². The van der Waals surface area contributed by atoms with Gasteiger partial charge < -0.3 is 9.47 Å². The summed E-state index contributed by atoms with van der Waals surface area (Å²) >= 11 is 12.4. The standard InChI is InChI=1S/C24H24Cl2N4O3S/c1-17-7-5-11-21(26)23(17)34(32,33)28-22(12-14-30-13-6-9-19(30)15-27)24(31)29(2)16-18-8-3-4-10-20(18)25/h3-11,13,22,28H,12,14,16H2,1-2H3. The monoisotopic (exact) mass is 518 g/mol. The van der Waals surface area contributed by atoms with Crippen molar-refractivity contribution in [3.63, 3.8) is 0 Å². The van der Waals surface area contributed by atoms with Gasteiger partial charge in [-0.2, -0.15) is 9.98 Å². The molecule has 7 nitrogen and oxygen atoms in total. The van der Waals surface area contributed by atoms with Gasteiger partial charge in [-0.1, -0.05) is 53.5 Å². The predicted octanol–water partition coefficient (Wildman–Crippen LogP) is 4.37. The largest absolute Gasteiger partial charge is 0.340 e. The maximum absolute atomic E-state index is 13.4. The zero-order valence-corrected chi connectivity index (χ0v) is 21.0. The number of likely N-dealkylation sites (N-methyl/N-ethyl adjacent to an activating group) is 1. The van der Waals surface area contributed by atoms with Gasteiger partial charge in [-0.25, -0.2) is 8.42 Å². The Kier molecular flexibility index (Phi) is 8.39. The van der Waals surface area contributed by atoms with Crippen LogP contribution in [0.5, 0.6) is 0 Å². The molecule has 0 aliphatic carbocycles. The second kappa shape index (κ2) is 11.1. The first-order valence-electron chi connectivity index (χ1n) is 10.4. The smallest absolute Gasteiger partial charge is 0.243 e. The van der Waals surface area contributed by atoms with Crippen molar-refractivity contribution in [2.24, 2.45) is 0 Å². The van der Waals surface area contributed by atoms with Crippen LogP contribution in [-0.2, 0) is 27.9 Å².